The molecule has 2 aliphatic rings. The van der Waals surface area contributed by atoms with Crippen LogP contribution in [-0.2, 0) is 4.79 Å². The molecule has 4 heterocycles. The van der Waals surface area contributed by atoms with E-state index in [0.717, 1.165) is 57.5 Å². The van der Waals surface area contributed by atoms with Crippen LogP contribution in [0.3, 0.4) is 0 Å². The number of amides is 1. The molecule has 140 valence electrons. The number of ether oxygens (including phenoxy) is 1. The first kappa shape index (κ1) is 17.3. The third kappa shape index (κ3) is 4.15. The highest BCUT2D eigenvalue weighted by molar-refractivity contribution is 5.78. The van der Waals surface area contributed by atoms with Crippen LogP contribution in [0.5, 0.6) is 5.88 Å². The summed E-state index contributed by atoms with van der Waals surface area (Å²) in [5, 5.41) is 4.14. The Labute approximate surface area is 153 Å². The minimum absolute atomic E-state index is 0.164. The lowest BCUT2D eigenvalue weighted by molar-refractivity contribution is -0.132. The first-order valence-electron chi connectivity index (χ1n) is 9.75. The van der Waals surface area contributed by atoms with Crippen molar-refractivity contribution in [2.75, 3.05) is 32.7 Å². The van der Waals surface area contributed by atoms with Crippen LogP contribution >= 0.6 is 0 Å². The fraction of sp³-hybridized carbons (Fsp3) is 0.632. The highest BCUT2D eigenvalue weighted by Crippen LogP contribution is 2.18. The maximum absolute atomic E-state index is 12.5. The molecule has 0 aliphatic carbocycles. The summed E-state index contributed by atoms with van der Waals surface area (Å²) in [6.45, 7) is 4.22. The van der Waals surface area contributed by atoms with E-state index in [-0.39, 0.29) is 6.10 Å². The summed E-state index contributed by atoms with van der Waals surface area (Å²) in [5.74, 6) is 0.941. The third-order valence-corrected chi connectivity index (χ3v) is 5.37. The van der Waals surface area contributed by atoms with E-state index < -0.39 is 0 Å². The number of rotatable bonds is 4. The molecule has 0 saturated carbocycles. The Hall–Kier alpha value is -2.15. The summed E-state index contributed by atoms with van der Waals surface area (Å²) < 4.78 is 7.77. The molecule has 2 aromatic heterocycles. The van der Waals surface area contributed by atoms with Gasteiger partial charge in [0.1, 0.15) is 6.10 Å². The number of likely N-dealkylation sites (tertiary alicyclic amines) is 2. The van der Waals surface area contributed by atoms with E-state index in [4.69, 9.17) is 4.74 Å². The second-order valence-corrected chi connectivity index (χ2v) is 7.29. The average Bonchev–Trinajstić information content (AvgIpc) is 2.95. The molecule has 0 radical (unpaired) electrons. The topological polar surface area (TPSA) is 63.0 Å². The van der Waals surface area contributed by atoms with Gasteiger partial charge >= 0.3 is 0 Å². The molecule has 0 atom stereocenters. The van der Waals surface area contributed by atoms with Gasteiger partial charge in [-0.25, -0.2) is 4.52 Å². The SMILES string of the molecule is O=C(CN1CCC(Oc2ccn3nccc3n2)CC1)N1CCCCCC1. The number of piperidine rings is 1. The van der Waals surface area contributed by atoms with Gasteiger partial charge in [-0.1, -0.05) is 12.8 Å². The number of fused-ring (bicyclic) bond motifs is 1. The second-order valence-electron chi connectivity index (χ2n) is 7.29. The maximum Gasteiger partial charge on any atom is 0.236 e. The fourth-order valence-corrected chi connectivity index (χ4v) is 3.83. The van der Waals surface area contributed by atoms with Gasteiger partial charge in [-0.15, -0.1) is 0 Å². The number of aromatic nitrogens is 3. The number of nitrogens with zero attached hydrogens (tertiary/aromatic N) is 5. The van der Waals surface area contributed by atoms with Gasteiger partial charge in [-0.3, -0.25) is 9.69 Å². The minimum Gasteiger partial charge on any atom is -0.474 e. The lowest BCUT2D eigenvalue weighted by atomic mass is 10.1. The van der Waals surface area contributed by atoms with Crippen molar-refractivity contribution in [3.8, 4) is 5.88 Å². The Kier molecular flexibility index (Phi) is 5.34. The zero-order valence-electron chi connectivity index (χ0n) is 15.2. The largest absolute Gasteiger partial charge is 0.474 e. The molecule has 0 N–H and O–H groups in total. The van der Waals surface area contributed by atoms with Gasteiger partial charge in [-0.05, 0) is 25.7 Å². The first-order valence-corrected chi connectivity index (χ1v) is 9.75. The fourth-order valence-electron chi connectivity index (χ4n) is 3.83. The van der Waals surface area contributed by atoms with Crippen LogP contribution in [0.4, 0.5) is 0 Å². The molecule has 4 rings (SSSR count). The molecule has 7 nitrogen and oxygen atoms in total. The van der Waals surface area contributed by atoms with Crippen molar-refractivity contribution in [1.82, 2.24) is 24.4 Å². The van der Waals surface area contributed by atoms with Gasteiger partial charge in [0.15, 0.2) is 5.65 Å². The Balaban J connectivity index is 1.25. The van der Waals surface area contributed by atoms with Crippen LogP contribution in [0.1, 0.15) is 38.5 Å². The molecule has 0 aromatic carbocycles. The average molecular weight is 357 g/mol. The highest BCUT2D eigenvalue weighted by atomic mass is 16.5. The van der Waals surface area contributed by atoms with Crippen molar-refractivity contribution in [3.63, 3.8) is 0 Å². The van der Waals surface area contributed by atoms with Crippen LogP contribution in [-0.4, -0.2) is 69.1 Å². The van der Waals surface area contributed by atoms with E-state index >= 15 is 0 Å². The van der Waals surface area contributed by atoms with Crippen molar-refractivity contribution in [3.05, 3.63) is 24.5 Å². The van der Waals surface area contributed by atoms with Crippen LogP contribution in [0.25, 0.3) is 5.65 Å². The van der Waals surface area contributed by atoms with Gasteiger partial charge < -0.3 is 9.64 Å². The van der Waals surface area contributed by atoms with E-state index in [1.807, 2.05) is 18.3 Å². The monoisotopic (exact) mass is 357 g/mol. The van der Waals surface area contributed by atoms with Gasteiger partial charge in [0.2, 0.25) is 11.8 Å². The van der Waals surface area contributed by atoms with E-state index in [1.165, 1.54) is 12.8 Å². The van der Waals surface area contributed by atoms with E-state index in [0.29, 0.717) is 18.3 Å². The molecule has 0 spiro atoms. The summed E-state index contributed by atoms with van der Waals surface area (Å²) in [4.78, 5) is 21.3. The Bertz CT molecular complexity index is 730. The zero-order valence-corrected chi connectivity index (χ0v) is 15.2. The lowest BCUT2D eigenvalue weighted by Crippen LogP contribution is -2.45. The number of hydrogen-bond acceptors (Lipinski definition) is 5. The molecule has 0 bridgehead atoms. The van der Waals surface area contributed by atoms with Crippen LogP contribution in [0, 0.1) is 0 Å². The van der Waals surface area contributed by atoms with Crippen LogP contribution < -0.4 is 4.74 Å². The normalized spacial score (nSPS) is 20.2. The molecule has 26 heavy (non-hydrogen) atoms. The Morgan fingerprint density at radius 2 is 1.85 bits per heavy atom. The minimum atomic E-state index is 0.164. The number of carbonyl (C=O) groups excluding carboxylic acids is 1. The Morgan fingerprint density at radius 3 is 2.62 bits per heavy atom. The molecule has 2 aliphatic heterocycles. The predicted octanol–water partition coefficient (Wildman–Crippen LogP) is 1.98. The molecule has 1 amide bonds. The lowest BCUT2D eigenvalue weighted by Gasteiger charge is -2.32. The van der Waals surface area contributed by atoms with Gasteiger partial charge in [0, 0.05) is 44.5 Å². The van der Waals surface area contributed by atoms with Crippen LogP contribution in [0.2, 0.25) is 0 Å². The van der Waals surface area contributed by atoms with Crippen LogP contribution in [0.15, 0.2) is 24.5 Å². The Morgan fingerprint density at radius 1 is 1.08 bits per heavy atom. The van der Waals surface area contributed by atoms with Gasteiger partial charge in [0.05, 0.1) is 12.7 Å². The summed E-state index contributed by atoms with van der Waals surface area (Å²) in [7, 11) is 0. The maximum atomic E-state index is 12.5. The van der Waals surface area contributed by atoms with Crippen molar-refractivity contribution < 1.29 is 9.53 Å². The molecule has 7 heteroatoms. The smallest absolute Gasteiger partial charge is 0.236 e. The first-order chi connectivity index (χ1) is 12.8. The van der Waals surface area contributed by atoms with Crippen molar-refractivity contribution in [2.45, 2.75) is 44.6 Å². The van der Waals surface area contributed by atoms with Gasteiger partial charge in [0.25, 0.3) is 0 Å². The second kappa shape index (κ2) is 8.03. The summed E-state index contributed by atoms with van der Waals surface area (Å²) in [5.41, 5.74) is 0.794. The number of hydrogen-bond donors (Lipinski definition) is 0. The predicted molar refractivity (Wildman–Crippen MR) is 98.1 cm³/mol. The van der Waals surface area contributed by atoms with Crippen molar-refractivity contribution in [2.24, 2.45) is 0 Å². The number of carbonyl (C=O) groups is 1. The molecular weight excluding hydrogens is 330 g/mol. The van der Waals surface area contributed by atoms with E-state index in [1.54, 1.807) is 10.7 Å². The molecule has 2 aromatic rings. The van der Waals surface area contributed by atoms with E-state index in [2.05, 4.69) is 19.9 Å². The third-order valence-electron chi connectivity index (χ3n) is 5.37. The van der Waals surface area contributed by atoms with E-state index in [9.17, 15) is 4.79 Å². The molecule has 0 unspecified atom stereocenters. The standard InChI is InChI=1S/C19H27N5O2/c25-19(23-10-3-1-2-4-11-23)15-22-12-6-16(7-13-22)26-18-8-14-24-17(21-18)5-9-20-24/h5,8-9,14,16H,1-4,6-7,10-13,15H2. The molecule has 2 fully saturated rings. The van der Waals surface area contributed by atoms with Crippen molar-refractivity contribution >= 4 is 11.6 Å². The quantitative estimate of drug-likeness (QED) is 0.837. The summed E-state index contributed by atoms with van der Waals surface area (Å²) in [6.07, 6.45) is 10.4. The van der Waals surface area contributed by atoms with Gasteiger partial charge in [-0.2, -0.15) is 10.1 Å². The summed E-state index contributed by atoms with van der Waals surface area (Å²) >= 11 is 0. The molecule has 2 saturated heterocycles. The zero-order chi connectivity index (χ0) is 17.8. The summed E-state index contributed by atoms with van der Waals surface area (Å²) in [6, 6.07) is 3.72. The highest BCUT2D eigenvalue weighted by Gasteiger charge is 2.24. The van der Waals surface area contributed by atoms with Crippen molar-refractivity contribution in [1.29, 1.82) is 0 Å². The molecular formula is C19H27N5O2.